The monoisotopic (exact) mass is 358 g/mol. The molecule has 3 nitrogen and oxygen atoms in total. The second-order valence-corrected chi connectivity index (χ2v) is 6.01. The molecule has 0 saturated carbocycles. The Bertz CT molecular complexity index is 422. The molecule has 1 aromatic rings. The van der Waals surface area contributed by atoms with Gasteiger partial charge in [-0.2, -0.15) is 0 Å². The topological polar surface area (TPSA) is 32.3 Å². The molecule has 1 amide bonds. The maximum absolute atomic E-state index is 12.0. The molecule has 2 rings (SSSR count). The average Bonchev–Trinajstić information content (AvgIpc) is 2.35. The van der Waals surface area contributed by atoms with Crippen molar-refractivity contribution >= 4 is 34.2 Å². The Hall–Kier alpha value is -0.620. The van der Waals surface area contributed by atoms with Crippen molar-refractivity contribution in [1.82, 2.24) is 4.90 Å². The van der Waals surface area contributed by atoms with Crippen LogP contribution in [0.25, 0.3) is 0 Å². The van der Waals surface area contributed by atoms with E-state index in [0.29, 0.717) is 12.6 Å². The van der Waals surface area contributed by atoms with E-state index in [2.05, 4.69) is 39.7 Å². The van der Waals surface area contributed by atoms with Crippen LogP contribution in [-0.2, 0) is 4.79 Å². The van der Waals surface area contributed by atoms with E-state index in [1.165, 1.54) is 19.3 Å². The van der Waals surface area contributed by atoms with Gasteiger partial charge in [-0.25, -0.2) is 0 Å². The fourth-order valence-electron chi connectivity index (χ4n) is 2.33. The van der Waals surface area contributed by atoms with Gasteiger partial charge in [0.05, 0.1) is 12.2 Å². The molecule has 98 valence electrons. The first-order valence-corrected chi connectivity index (χ1v) is 7.53. The number of benzene rings is 1. The van der Waals surface area contributed by atoms with Crippen molar-refractivity contribution in [2.45, 2.75) is 32.2 Å². The number of anilines is 1. The number of hydrogen-bond donors (Lipinski definition) is 1. The quantitative estimate of drug-likeness (QED) is 0.843. The highest BCUT2D eigenvalue weighted by Gasteiger charge is 2.20. The smallest absolute Gasteiger partial charge is 0.238 e. The van der Waals surface area contributed by atoms with Gasteiger partial charge in [-0.3, -0.25) is 9.69 Å². The van der Waals surface area contributed by atoms with Crippen LogP contribution in [0.3, 0.4) is 0 Å². The van der Waals surface area contributed by atoms with E-state index >= 15 is 0 Å². The number of nitrogens with zero attached hydrogens (tertiary/aromatic N) is 1. The van der Waals surface area contributed by atoms with E-state index in [0.717, 1.165) is 15.8 Å². The lowest BCUT2D eigenvalue weighted by Crippen LogP contribution is -2.42. The molecule has 1 unspecified atom stereocenters. The summed E-state index contributed by atoms with van der Waals surface area (Å²) >= 11 is 2.24. The summed E-state index contributed by atoms with van der Waals surface area (Å²) in [5, 5.41) is 2.99. The van der Waals surface area contributed by atoms with Crippen LogP contribution >= 0.6 is 22.6 Å². The Morgan fingerprint density at radius 3 is 2.94 bits per heavy atom. The van der Waals surface area contributed by atoms with Crippen LogP contribution in [0.2, 0.25) is 0 Å². The Morgan fingerprint density at radius 2 is 2.22 bits per heavy atom. The molecular formula is C14H19IN2O. The fraction of sp³-hybridized carbons (Fsp3) is 0.500. The van der Waals surface area contributed by atoms with Gasteiger partial charge in [0.2, 0.25) is 5.91 Å². The zero-order valence-corrected chi connectivity index (χ0v) is 12.8. The summed E-state index contributed by atoms with van der Waals surface area (Å²) < 4.78 is 1.08. The third kappa shape index (κ3) is 3.68. The Balaban J connectivity index is 1.90. The van der Waals surface area contributed by atoms with Gasteiger partial charge in [-0.05, 0) is 61.0 Å². The third-order valence-corrected chi connectivity index (χ3v) is 4.38. The molecule has 0 radical (unpaired) electrons. The van der Waals surface area contributed by atoms with E-state index in [1.54, 1.807) is 0 Å². The first kappa shape index (κ1) is 13.8. The summed E-state index contributed by atoms with van der Waals surface area (Å²) in [6, 6.07) is 8.39. The molecule has 1 aromatic carbocycles. The minimum absolute atomic E-state index is 0.0906. The highest BCUT2D eigenvalue weighted by atomic mass is 127. The van der Waals surface area contributed by atoms with E-state index in [1.807, 2.05) is 24.3 Å². The number of nitrogens with one attached hydrogen (secondary N) is 1. The summed E-state index contributed by atoms with van der Waals surface area (Å²) in [6.07, 6.45) is 3.70. The predicted octanol–water partition coefficient (Wildman–Crippen LogP) is 3.10. The van der Waals surface area contributed by atoms with Crippen LogP contribution in [0.15, 0.2) is 24.3 Å². The molecule has 1 fully saturated rings. The molecule has 1 heterocycles. The first-order chi connectivity index (χ1) is 8.66. The lowest BCUT2D eigenvalue weighted by molar-refractivity contribution is -0.118. The van der Waals surface area contributed by atoms with Gasteiger partial charge in [0.1, 0.15) is 0 Å². The van der Waals surface area contributed by atoms with Crippen LogP contribution in [-0.4, -0.2) is 29.9 Å². The number of amides is 1. The van der Waals surface area contributed by atoms with Gasteiger partial charge in [0.25, 0.3) is 0 Å². The number of rotatable bonds is 3. The maximum atomic E-state index is 12.0. The Morgan fingerprint density at radius 1 is 1.44 bits per heavy atom. The Kier molecular flexibility index (Phi) is 5.00. The van der Waals surface area contributed by atoms with Gasteiger partial charge < -0.3 is 5.32 Å². The number of carbonyl (C=O) groups excluding carboxylic acids is 1. The number of likely N-dealkylation sites (tertiary alicyclic amines) is 1. The molecule has 1 aliphatic heterocycles. The van der Waals surface area contributed by atoms with Crippen LogP contribution in [0, 0.1) is 3.57 Å². The fourth-order valence-corrected chi connectivity index (χ4v) is 2.85. The van der Waals surface area contributed by atoms with Gasteiger partial charge in [0.15, 0.2) is 0 Å². The largest absolute Gasteiger partial charge is 0.324 e. The minimum atomic E-state index is 0.0906. The van der Waals surface area contributed by atoms with Gasteiger partial charge in [-0.1, -0.05) is 18.6 Å². The molecule has 18 heavy (non-hydrogen) atoms. The van der Waals surface area contributed by atoms with Gasteiger partial charge in [0, 0.05) is 9.61 Å². The Labute approximate surface area is 122 Å². The predicted molar refractivity (Wildman–Crippen MR) is 82.7 cm³/mol. The molecule has 0 bridgehead atoms. The summed E-state index contributed by atoms with van der Waals surface area (Å²) in [6.45, 7) is 3.76. The lowest BCUT2D eigenvalue weighted by Gasteiger charge is -2.32. The number of hydrogen-bond acceptors (Lipinski definition) is 2. The SMILES string of the molecule is CC1CCCCN1CC(=O)Nc1ccccc1I. The van der Waals surface area contributed by atoms with Gasteiger partial charge >= 0.3 is 0 Å². The molecule has 1 saturated heterocycles. The maximum Gasteiger partial charge on any atom is 0.238 e. The van der Waals surface area contributed by atoms with Crippen molar-refractivity contribution in [3.8, 4) is 0 Å². The molecular weight excluding hydrogens is 339 g/mol. The summed E-state index contributed by atoms with van der Waals surface area (Å²) in [7, 11) is 0. The molecule has 1 N–H and O–H groups in total. The highest BCUT2D eigenvalue weighted by molar-refractivity contribution is 14.1. The number of halogens is 1. The van der Waals surface area contributed by atoms with E-state index < -0.39 is 0 Å². The number of para-hydroxylation sites is 1. The molecule has 1 aliphatic rings. The molecule has 1 atom stereocenters. The van der Waals surface area contributed by atoms with Crippen LogP contribution in [0.4, 0.5) is 5.69 Å². The zero-order chi connectivity index (χ0) is 13.0. The lowest BCUT2D eigenvalue weighted by atomic mass is 10.0. The van der Waals surface area contributed by atoms with E-state index in [4.69, 9.17) is 0 Å². The summed E-state index contributed by atoms with van der Waals surface area (Å²) in [4.78, 5) is 14.3. The first-order valence-electron chi connectivity index (χ1n) is 6.45. The zero-order valence-electron chi connectivity index (χ0n) is 10.7. The van der Waals surface area contributed by atoms with Crippen LogP contribution in [0.5, 0.6) is 0 Å². The van der Waals surface area contributed by atoms with Crippen molar-refractivity contribution in [3.05, 3.63) is 27.8 Å². The van der Waals surface area contributed by atoms with Crippen molar-refractivity contribution in [2.75, 3.05) is 18.4 Å². The van der Waals surface area contributed by atoms with E-state index in [-0.39, 0.29) is 5.91 Å². The van der Waals surface area contributed by atoms with E-state index in [9.17, 15) is 4.79 Å². The summed E-state index contributed by atoms with van der Waals surface area (Å²) in [5.74, 6) is 0.0906. The van der Waals surface area contributed by atoms with Crippen LogP contribution in [0.1, 0.15) is 26.2 Å². The number of carbonyl (C=O) groups is 1. The molecule has 0 aromatic heterocycles. The van der Waals surface area contributed by atoms with Crippen molar-refractivity contribution in [2.24, 2.45) is 0 Å². The van der Waals surface area contributed by atoms with Gasteiger partial charge in [-0.15, -0.1) is 0 Å². The van der Waals surface area contributed by atoms with Crippen molar-refractivity contribution < 1.29 is 4.79 Å². The van der Waals surface area contributed by atoms with Crippen LogP contribution < -0.4 is 5.32 Å². The standard InChI is InChI=1S/C14H19IN2O/c1-11-6-4-5-9-17(11)10-14(18)16-13-8-3-2-7-12(13)15/h2-3,7-8,11H,4-6,9-10H2,1H3,(H,16,18). The van der Waals surface area contributed by atoms with Crippen molar-refractivity contribution in [1.29, 1.82) is 0 Å². The number of piperidine rings is 1. The third-order valence-electron chi connectivity index (χ3n) is 3.44. The summed E-state index contributed by atoms with van der Waals surface area (Å²) in [5.41, 5.74) is 0.910. The van der Waals surface area contributed by atoms with Crippen molar-refractivity contribution in [3.63, 3.8) is 0 Å². The molecule has 0 spiro atoms. The molecule has 4 heteroatoms. The second kappa shape index (κ2) is 6.52. The highest BCUT2D eigenvalue weighted by Crippen LogP contribution is 2.18. The second-order valence-electron chi connectivity index (χ2n) is 4.84. The average molecular weight is 358 g/mol. The molecule has 0 aliphatic carbocycles. The minimum Gasteiger partial charge on any atom is -0.324 e. The normalized spacial score (nSPS) is 20.7.